The second-order valence-electron chi connectivity index (χ2n) is 1.87. The van der Waals surface area contributed by atoms with Crippen molar-refractivity contribution in [2.45, 2.75) is 26.7 Å². The third-order valence-electron chi connectivity index (χ3n) is 1.24. The summed E-state index contributed by atoms with van der Waals surface area (Å²) in [5, 5.41) is -0.0510. The lowest BCUT2D eigenvalue weighted by molar-refractivity contribution is -0.110. The van der Waals surface area contributed by atoms with E-state index in [0.29, 0.717) is 6.42 Å². The molecule has 0 atom stereocenters. The molecule has 0 fully saturated rings. The van der Waals surface area contributed by atoms with Crippen LogP contribution in [0.25, 0.3) is 0 Å². The molecule has 0 aliphatic heterocycles. The summed E-state index contributed by atoms with van der Waals surface area (Å²) in [6.07, 6.45) is 3.41. The maximum absolute atomic E-state index is 10.4. The zero-order valence-corrected chi connectivity index (χ0v) is 6.74. The van der Waals surface area contributed by atoms with E-state index < -0.39 is 0 Å². The van der Waals surface area contributed by atoms with Crippen molar-refractivity contribution in [2.24, 2.45) is 0 Å². The first kappa shape index (κ1) is 8.76. The van der Waals surface area contributed by atoms with Crippen LogP contribution in [0.15, 0.2) is 11.6 Å². The third kappa shape index (κ3) is 4.28. The van der Waals surface area contributed by atoms with Gasteiger partial charge in [-0.15, -0.1) is 12.6 Å². The average Bonchev–Trinajstić information content (AvgIpc) is 1.82. The van der Waals surface area contributed by atoms with E-state index in [-0.39, 0.29) is 5.12 Å². The van der Waals surface area contributed by atoms with Crippen LogP contribution in [0.4, 0.5) is 0 Å². The number of allylic oxidation sites excluding steroid dienone is 2. The van der Waals surface area contributed by atoms with Gasteiger partial charge in [-0.25, -0.2) is 0 Å². The van der Waals surface area contributed by atoms with Crippen molar-refractivity contribution in [1.29, 1.82) is 0 Å². The lowest BCUT2D eigenvalue weighted by atomic mass is 10.1. The van der Waals surface area contributed by atoms with Crippen molar-refractivity contribution in [3.63, 3.8) is 0 Å². The summed E-state index contributed by atoms with van der Waals surface area (Å²) < 4.78 is 0. The van der Waals surface area contributed by atoms with Gasteiger partial charge < -0.3 is 0 Å². The Morgan fingerprint density at radius 2 is 2.22 bits per heavy atom. The van der Waals surface area contributed by atoms with Gasteiger partial charge in [-0.1, -0.05) is 18.6 Å². The normalized spacial score (nSPS) is 11.7. The smallest absolute Gasteiger partial charge is 0.189 e. The Bertz CT molecular complexity index is 127. The SMILES string of the molecule is C/C=C(\CC)CC(=O)S. The first-order chi connectivity index (χ1) is 4.20. The molecule has 0 amide bonds. The standard InChI is InChI=1S/C7H12OS/c1-3-6(4-2)5-7(8)9/h3H,4-5H2,1-2H3,(H,8,9)/b6-3+. The highest BCUT2D eigenvalue weighted by molar-refractivity contribution is 7.96. The van der Waals surface area contributed by atoms with Crippen LogP contribution < -0.4 is 0 Å². The molecule has 9 heavy (non-hydrogen) atoms. The quantitative estimate of drug-likeness (QED) is 0.474. The molecule has 0 aromatic rings. The van der Waals surface area contributed by atoms with Crippen LogP contribution in [0.2, 0.25) is 0 Å². The summed E-state index contributed by atoms with van der Waals surface area (Å²) in [6, 6.07) is 0. The number of hydrogen-bond donors (Lipinski definition) is 1. The first-order valence-electron chi connectivity index (χ1n) is 3.06. The van der Waals surface area contributed by atoms with Crippen LogP contribution >= 0.6 is 12.6 Å². The molecule has 0 saturated heterocycles. The van der Waals surface area contributed by atoms with Gasteiger partial charge in [-0.2, -0.15) is 0 Å². The molecule has 0 aliphatic rings. The minimum Gasteiger partial charge on any atom is -0.287 e. The van der Waals surface area contributed by atoms with Crippen LogP contribution in [0.1, 0.15) is 26.7 Å². The Balaban J connectivity index is 3.71. The van der Waals surface area contributed by atoms with Crippen molar-refractivity contribution in [3.05, 3.63) is 11.6 Å². The van der Waals surface area contributed by atoms with Crippen molar-refractivity contribution in [1.82, 2.24) is 0 Å². The maximum Gasteiger partial charge on any atom is 0.189 e. The maximum atomic E-state index is 10.4. The van der Waals surface area contributed by atoms with Gasteiger partial charge in [0.2, 0.25) is 0 Å². The molecule has 0 saturated carbocycles. The van der Waals surface area contributed by atoms with Gasteiger partial charge >= 0.3 is 0 Å². The van der Waals surface area contributed by atoms with E-state index in [0.717, 1.165) is 12.0 Å². The molecule has 2 heteroatoms. The van der Waals surface area contributed by atoms with Gasteiger partial charge in [0.05, 0.1) is 0 Å². The molecule has 1 nitrogen and oxygen atoms in total. The molecule has 52 valence electrons. The molecule has 0 spiro atoms. The van der Waals surface area contributed by atoms with E-state index in [1.165, 1.54) is 0 Å². The van der Waals surface area contributed by atoms with Crippen LogP contribution in [0.5, 0.6) is 0 Å². The second-order valence-corrected chi connectivity index (χ2v) is 2.37. The summed E-state index contributed by atoms with van der Waals surface area (Å²) in [7, 11) is 0. The Hall–Kier alpha value is -0.240. The van der Waals surface area contributed by atoms with Gasteiger partial charge in [0.15, 0.2) is 5.12 Å². The van der Waals surface area contributed by atoms with E-state index in [1.54, 1.807) is 0 Å². The number of carbonyl (C=O) groups is 1. The predicted molar refractivity (Wildman–Crippen MR) is 42.7 cm³/mol. The van der Waals surface area contributed by atoms with Crippen molar-refractivity contribution < 1.29 is 4.79 Å². The van der Waals surface area contributed by atoms with Crippen molar-refractivity contribution >= 4 is 17.7 Å². The van der Waals surface area contributed by atoms with Crippen LogP contribution in [-0.2, 0) is 4.79 Å². The molecular formula is C7H12OS. The van der Waals surface area contributed by atoms with Gasteiger partial charge in [0, 0.05) is 6.42 Å². The highest BCUT2D eigenvalue weighted by atomic mass is 32.1. The first-order valence-corrected chi connectivity index (χ1v) is 3.51. The molecule has 0 aliphatic carbocycles. The molecule has 0 N–H and O–H groups in total. The predicted octanol–water partition coefficient (Wildman–Crippen LogP) is 2.19. The molecule has 0 heterocycles. The van der Waals surface area contributed by atoms with Crippen molar-refractivity contribution in [2.75, 3.05) is 0 Å². The summed E-state index contributed by atoms with van der Waals surface area (Å²) in [6.45, 7) is 3.97. The lowest BCUT2D eigenvalue weighted by Crippen LogP contribution is -1.88. The van der Waals surface area contributed by atoms with Gasteiger partial charge in [-0.3, -0.25) is 4.79 Å². The Morgan fingerprint density at radius 3 is 2.33 bits per heavy atom. The van der Waals surface area contributed by atoms with Crippen LogP contribution in [-0.4, -0.2) is 5.12 Å². The molecule has 0 aromatic heterocycles. The van der Waals surface area contributed by atoms with Crippen molar-refractivity contribution in [3.8, 4) is 0 Å². The zero-order chi connectivity index (χ0) is 7.28. The molecular weight excluding hydrogens is 132 g/mol. The molecule has 0 unspecified atom stereocenters. The molecule has 0 aromatic carbocycles. The third-order valence-corrected chi connectivity index (χ3v) is 1.40. The number of rotatable bonds is 3. The summed E-state index contributed by atoms with van der Waals surface area (Å²) in [5.74, 6) is 0. The van der Waals surface area contributed by atoms with E-state index in [2.05, 4.69) is 12.6 Å². The average molecular weight is 144 g/mol. The minimum atomic E-state index is -0.0510. The largest absolute Gasteiger partial charge is 0.287 e. The van der Waals surface area contributed by atoms with Gasteiger partial charge in [0.1, 0.15) is 0 Å². The fourth-order valence-electron chi connectivity index (χ4n) is 0.625. The van der Waals surface area contributed by atoms with E-state index >= 15 is 0 Å². The second kappa shape index (κ2) is 4.62. The summed E-state index contributed by atoms with van der Waals surface area (Å²) in [4.78, 5) is 10.4. The summed E-state index contributed by atoms with van der Waals surface area (Å²) >= 11 is 3.67. The van der Waals surface area contributed by atoms with Gasteiger partial charge in [0.25, 0.3) is 0 Å². The molecule has 0 radical (unpaired) electrons. The topological polar surface area (TPSA) is 17.1 Å². The van der Waals surface area contributed by atoms with E-state index in [1.807, 2.05) is 19.9 Å². The Kier molecular flexibility index (Phi) is 4.50. The van der Waals surface area contributed by atoms with Crippen LogP contribution in [0.3, 0.4) is 0 Å². The number of thiol groups is 1. The molecule has 0 rings (SSSR count). The number of carbonyl (C=O) groups excluding carboxylic acids is 1. The Morgan fingerprint density at radius 1 is 1.67 bits per heavy atom. The minimum absolute atomic E-state index is 0.0510. The highest BCUT2D eigenvalue weighted by Gasteiger charge is 1.96. The highest BCUT2D eigenvalue weighted by Crippen LogP contribution is 2.07. The monoisotopic (exact) mass is 144 g/mol. The zero-order valence-electron chi connectivity index (χ0n) is 5.85. The van der Waals surface area contributed by atoms with E-state index in [4.69, 9.17) is 0 Å². The summed E-state index contributed by atoms with van der Waals surface area (Å²) in [5.41, 5.74) is 1.16. The lowest BCUT2D eigenvalue weighted by Gasteiger charge is -1.96. The van der Waals surface area contributed by atoms with Crippen LogP contribution in [0, 0.1) is 0 Å². The number of hydrogen-bond acceptors (Lipinski definition) is 1. The Labute approximate surface area is 61.6 Å². The van der Waals surface area contributed by atoms with Gasteiger partial charge in [-0.05, 0) is 13.3 Å². The fraction of sp³-hybridized carbons (Fsp3) is 0.571. The fourth-order valence-corrected chi connectivity index (χ4v) is 0.829. The molecule has 0 bridgehead atoms. The van der Waals surface area contributed by atoms with E-state index in [9.17, 15) is 4.79 Å².